The van der Waals surface area contributed by atoms with Crippen molar-refractivity contribution in [3.63, 3.8) is 0 Å². The number of ether oxygens (including phenoxy) is 1. The maximum absolute atomic E-state index is 13.4. The number of alkyl halides is 3. The van der Waals surface area contributed by atoms with Crippen LogP contribution in [-0.2, 0) is 17.5 Å². The Labute approximate surface area is 183 Å². The highest BCUT2D eigenvalue weighted by molar-refractivity contribution is 9.10. The molecule has 30 heavy (non-hydrogen) atoms. The fourth-order valence-electron chi connectivity index (χ4n) is 2.93. The van der Waals surface area contributed by atoms with Crippen molar-refractivity contribution in [2.45, 2.75) is 25.2 Å². The van der Waals surface area contributed by atoms with E-state index in [0.717, 1.165) is 0 Å². The largest absolute Gasteiger partial charge is 0.421 e. The molecular formula is C18H16BrClF3N5O2. The lowest BCUT2D eigenvalue weighted by atomic mass is 9.96. The number of halogens is 5. The predicted molar refractivity (Wildman–Crippen MR) is 107 cm³/mol. The zero-order valence-electron chi connectivity index (χ0n) is 15.3. The second-order valence-electron chi connectivity index (χ2n) is 6.52. The van der Waals surface area contributed by atoms with Crippen LogP contribution in [0.3, 0.4) is 0 Å². The standard InChI is InChI=1S/C18H16BrClF3N5O2/c19-15-10(7-29)3-11(4-13(15)20)26-17-25-6-12(18(21,22)23)16(28-17)27-14-8-30-2-1-9(14)5-24/h3-4,6,9,14,29H,1-2,7-8H2,(H2,25,26,27,28)/t9-,14+/m0/s1. The number of nitrogens with zero attached hydrogens (tertiary/aromatic N) is 3. The van der Waals surface area contributed by atoms with Crippen molar-refractivity contribution < 1.29 is 23.0 Å². The topological polar surface area (TPSA) is 103 Å². The van der Waals surface area contributed by atoms with Crippen LogP contribution in [0.1, 0.15) is 17.5 Å². The number of hydrogen-bond donors (Lipinski definition) is 3. The molecule has 2 atom stereocenters. The monoisotopic (exact) mass is 505 g/mol. The molecule has 1 saturated heterocycles. The molecule has 7 nitrogen and oxygen atoms in total. The van der Waals surface area contributed by atoms with E-state index in [2.05, 4.69) is 42.6 Å². The van der Waals surface area contributed by atoms with Gasteiger partial charge in [-0.3, -0.25) is 0 Å². The van der Waals surface area contributed by atoms with Crippen molar-refractivity contribution in [3.05, 3.63) is 39.0 Å². The number of anilines is 3. The number of hydrogen-bond acceptors (Lipinski definition) is 7. The van der Waals surface area contributed by atoms with E-state index >= 15 is 0 Å². The van der Waals surface area contributed by atoms with Gasteiger partial charge in [0.1, 0.15) is 11.4 Å². The van der Waals surface area contributed by atoms with Crippen LogP contribution in [-0.4, -0.2) is 34.3 Å². The van der Waals surface area contributed by atoms with E-state index in [4.69, 9.17) is 16.3 Å². The number of aromatic nitrogens is 2. The Morgan fingerprint density at radius 2 is 2.17 bits per heavy atom. The summed E-state index contributed by atoms with van der Waals surface area (Å²) >= 11 is 9.34. The second-order valence-corrected chi connectivity index (χ2v) is 7.72. The van der Waals surface area contributed by atoms with Crippen molar-refractivity contribution in [2.24, 2.45) is 5.92 Å². The predicted octanol–water partition coefficient (Wildman–Crippen LogP) is 4.49. The summed E-state index contributed by atoms with van der Waals surface area (Å²) in [4.78, 5) is 7.71. The van der Waals surface area contributed by atoms with Gasteiger partial charge in [0.05, 0.1) is 36.3 Å². The van der Waals surface area contributed by atoms with Crippen molar-refractivity contribution >= 4 is 45.0 Å². The molecule has 1 fully saturated rings. The Kier molecular flexibility index (Phi) is 7.02. The normalized spacial score (nSPS) is 19.2. The van der Waals surface area contributed by atoms with Gasteiger partial charge in [-0.05, 0) is 40.0 Å². The number of nitrogens with one attached hydrogen (secondary N) is 2. The summed E-state index contributed by atoms with van der Waals surface area (Å²) in [6.07, 6.45) is -3.62. The lowest BCUT2D eigenvalue weighted by Gasteiger charge is -2.29. The number of nitriles is 1. The van der Waals surface area contributed by atoms with Crippen LogP contribution in [0, 0.1) is 17.2 Å². The first-order chi connectivity index (χ1) is 14.2. The average Bonchev–Trinajstić information content (AvgIpc) is 2.70. The van der Waals surface area contributed by atoms with Crippen LogP contribution >= 0.6 is 27.5 Å². The Morgan fingerprint density at radius 1 is 1.40 bits per heavy atom. The molecule has 3 N–H and O–H groups in total. The molecule has 0 radical (unpaired) electrons. The summed E-state index contributed by atoms with van der Waals surface area (Å²) < 4.78 is 46.1. The molecule has 0 saturated carbocycles. The lowest BCUT2D eigenvalue weighted by Crippen LogP contribution is -2.38. The molecule has 0 aliphatic carbocycles. The van der Waals surface area contributed by atoms with Crippen LogP contribution in [0.2, 0.25) is 5.02 Å². The first-order valence-corrected chi connectivity index (χ1v) is 9.94. The van der Waals surface area contributed by atoms with E-state index in [1.54, 1.807) is 6.07 Å². The maximum atomic E-state index is 13.4. The smallest absolute Gasteiger partial charge is 0.392 e. The molecule has 0 unspecified atom stereocenters. The molecule has 1 aromatic heterocycles. The summed E-state index contributed by atoms with van der Waals surface area (Å²) in [5.41, 5.74) is -0.194. The van der Waals surface area contributed by atoms with Gasteiger partial charge in [-0.15, -0.1) is 0 Å². The van der Waals surface area contributed by atoms with E-state index in [9.17, 15) is 23.5 Å². The maximum Gasteiger partial charge on any atom is 0.421 e. The summed E-state index contributed by atoms with van der Waals surface area (Å²) in [5.74, 6) is -1.08. The molecule has 12 heteroatoms. The SMILES string of the molecule is N#C[C@@H]1CCOC[C@H]1Nc1nc(Nc2cc(Cl)c(Br)c(CO)c2)ncc1C(F)(F)F. The average molecular weight is 507 g/mol. The second kappa shape index (κ2) is 9.34. The molecule has 0 bridgehead atoms. The van der Waals surface area contributed by atoms with Crippen molar-refractivity contribution in [1.82, 2.24) is 9.97 Å². The van der Waals surface area contributed by atoms with Crippen molar-refractivity contribution in [3.8, 4) is 6.07 Å². The number of aliphatic hydroxyl groups is 1. The first kappa shape index (κ1) is 22.6. The fourth-order valence-corrected chi connectivity index (χ4v) is 3.53. The quantitative estimate of drug-likeness (QED) is 0.549. The number of rotatable bonds is 5. The van der Waals surface area contributed by atoms with Gasteiger partial charge in [-0.1, -0.05) is 11.6 Å². The van der Waals surface area contributed by atoms with Crippen molar-refractivity contribution in [1.29, 1.82) is 5.26 Å². The van der Waals surface area contributed by atoms with E-state index in [-0.39, 0.29) is 19.2 Å². The highest BCUT2D eigenvalue weighted by atomic mass is 79.9. The highest BCUT2D eigenvalue weighted by Crippen LogP contribution is 2.36. The molecule has 1 aliphatic heterocycles. The van der Waals surface area contributed by atoms with E-state index in [1.807, 2.05) is 0 Å². The summed E-state index contributed by atoms with van der Waals surface area (Å²) in [7, 11) is 0. The Hall–Kier alpha value is -2.13. The fraction of sp³-hybridized carbons (Fsp3) is 0.389. The van der Waals surface area contributed by atoms with Crippen LogP contribution < -0.4 is 10.6 Å². The van der Waals surface area contributed by atoms with E-state index in [0.29, 0.717) is 40.0 Å². The van der Waals surface area contributed by atoms with Crippen LogP contribution in [0.25, 0.3) is 0 Å². The minimum absolute atomic E-state index is 0.0878. The third-order valence-electron chi connectivity index (χ3n) is 4.47. The van der Waals surface area contributed by atoms with Crippen LogP contribution in [0.4, 0.5) is 30.6 Å². The molecule has 2 heterocycles. The van der Waals surface area contributed by atoms with Gasteiger partial charge in [-0.25, -0.2) is 4.98 Å². The van der Waals surface area contributed by atoms with Gasteiger partial charge >= 0.3 is 6.18 Å². The Bertz CT molecular complexity index is 970. The number of benzene rings is 1. The van der Waals surface area contributed by atoms with E-state index in [1.165, 1.54) is 6.07 Å². The minimum atomic E-state index is -4.69. The van der Waals surface area contributed by atoms with Gasteiger partial charge in [0, 0.05) is 23.0 Å². The Morgan fingerprint density at radius 3 is 2.83 bits per heavy atom. The molecule has 160 valence electrons. The molecule has 0 spiro atoms. The third kappa shape index (κ3) is 5.13. The van der Waals surface area contributed by atoms with Gasteiger partial charge in [0.15, 0.2) is 0 Å². The number of aliphatic hydroxyl groups excluding tert-OH is 1. The van der Waals surface area contributed by atoms with Crippen LogP contribution in [0.5, 0.6) is 0 Å². The summed E-state index contributed by atoms with van der Waals surface area (Å²) in [6, 6.07) is 4.52. The van der Waals surface area contributed by atoms with Gasteiger partial charge in [0.25, 0.3) is 0 Å². The molecule has 3 rings (SSSR count). The third-order valence-corrected chi connectivity index (χ3v) is 5.93. The molecule has 2 aromatic rings. The zero-order valence-corrected chi connectivity index (χ0v) is 17.6. The molecule has 1 aliphatic rings. The van der Waals surface area contributed by atoms with Gasteiger partial charge < -0.3 is 20.5 Å². The summed E-state index contributed by atoms with van der Waals surface area (Å²) in [6.45, 7) is 0.162. The summed E-state index contributed by atoms with van der Waals surface area (Å²) in [5, 5.41) is 24.5. The zero-order chi connectivity index (χ0) is 21.9. The van der Waals surface area contributed by atoms with E-state index < -0.39 is 29.5 Å². The van der Waals surface area contributed by atoms with Gasteiger partial charge in [-0.2, -0.15) is 23.4 Å². The molecule has 0 amide bonds. The van der Waals surface area contributed by atoms with Crippen LogP contribution in [0.15, 0.2) is 22.8 Å². The molecule has 1 aromatic carbocycles. The lowest BCUT2D eigenvalue weighted by molar-refractivity contribution is -0.137. The Balaban J connectivity index is 1.93. The first-order valence-electron chi connectivity index (χ1n) is 8.77. The van der Waals surface area contributed by atoms with Gasteiger partial charge in [0.2, 0.25) is 5.95 Å². The highest BCUT2D eigenvalue weighted by Gasteiger charge is 2.37. The van der Waals surface area contributed by atoms with Crippen molar-refractivity contribution in [2.75, 3.05) is 23.8 Å². The minimum Gasteiger partial charge on any atom is -0.392 e. The molecular weight excluding hydrogens is 491 g/mol.